The van der Waals surface area contributed by atoms with Gasteiger partial charge in [0.2, 0.25) is 0 Å². The minimum atomic E-state index is -3.70. The minimum Gasteiger partial charge on any atom is -0.483 e. The molecule has 0 aliphatic heterocycles. The third-order valence-electron chi connectivity index (χ3n) is 6.05. The SMILES string of the molecule is C=C(C)[C@H](NC(=O)C(C)(F)F)[C@H](Oc1ccc2c(cnn2-c2ccc3nncn3c2)c1)c1cc(F)cc(F)c1. The number of benzene rings is 2. The molecule has 0 saturated carbocycles. The fourth-order valence-electron chi connectivity index (χ4n) is 4.17. The molecule has 0 radical (unpaired) electrons. The number of hydrogen-bond donors (Lipinski definition) is 1. The summed E-state index contributed by atoms with van der Waals surface area (Å²) in [5, 5.41) is 15.2. The van der Waals surface area contributed by atoms with Crippen LogP contribution >= 0.6 is 0 Å². The van der Waals surface area contributed by atoms with Gasteiger partial charge in [-0.15, -0.1) is 10.2 Å². The number of pyridine rings is 1. The van der Waals surface area contributed by atoms with E-state index in [-0.39, 0.29) is 16.9 Å². The maximum atomic E-state index is 14.1. The zero-order valence-electron chi connectivity index (χ0n) is 20.8. The lowest BCUT2D eigenvalue weighted by Crippen LogP contribution is -2.48. The van der Waals surface area contributed by atoms with Crippen LogP contribution < -0.4 is 10.1 Å². The van der Waals surface area contributed by atoms with E-state index < -0.39 is 35.6 Å². The standard InChI is InChI=1S/C27H22F4N6O2/c1-15(2)24(34-26(38)27(3,30)31)25(16-8-18(28)11-19(29)9-16)39-21-5-6-22-17(10-21)12-33-37(22)20-4-7-23-35-32-14-36(23)13-20/h4-14,24-25H,1H2,2-3H3,(H,34,38)/t24-,25+/m0/s1. The molecule has 5 rings (SSSR count). The summed E-state index contributed by atoms with van der Waals surface area (Å²) in [6.07, 6.45) is 3.69. The molecule has 12 heteroatoms. The second-order valence-corrected chi connectivity index (χ2v) is 9.19. The Bertz CT molecular complexity index is 1690. The second kappa shape index (κ2) is 9.86. The van der Waals surface area contributed by atoms with Crippen molar-refractivity contribution in [3.63, 3.8) is 0 Å². The summed E-state index contributed by atoms with van der Waals surface area (Å²) >= 11 is 0. The van der Waals surface area contributed by atoms with Crippen molar-refractivity contribution in [2.75, 3.05) is 0 Å². The Hall–Kier alpha value is -4.74. The van der Waals surface area contributed by atoms with Gasteiger partial charge in [-0.25, -0.2) is 13.5 Å². The summed E-state index contributed by atoms with van der Waals surface area (Å²) in [5.74, 6) is -6.83. The van der Waals surface area contributed by atoms with E-state index >= 15 is 0 Å². The van der Waals surface area contributed by atoms with Gasteiger partial charge >= 0.3 is 5.92 Å². The molecule has 0 bridgehead atoms. The summed E-state index contributed by atoms with van der Waals surface area (Å²) < 4.78 is 65.3. The lowest BCUT2D eigenvalue weighted by Gasteiger charge is -2.30. The van der Waals surface area contributed by atoms with Crippen LogP contribution in [0.4, 0.5) is 17.6 Å². The first-order chi connectivity index (χ1) is 18.5. The second-order valence-electron chi connectivity index (χ2n) is 9.19. The van der Waals surface area contributed by atoms with Gasteiger partial charge in [-0.1, -0.05) is 12.2 Å². The van der Waals surface area contributed by atoms with Gasteiger partial charge in [-0.2, -0.15) is 13.9 Å². The monoisotopic (exact) mass is 538 g/mol. The Kier molecular flexibility index (Phi) is 6.54. The van der Waals surface area contributed by atoms with Gasteiger partial charge in [0.15, 0.2) is 5.65 Å². The molecule has 8 nitrogen and oxygen atoms in total. The molecular formula is C27H22F4N6O2. The highest BCUT2D eigenvalue weighted by Gasteiger charge is 2.37. The maximum absolute atomic E-state index is 14.1. The van der Waals surface area contributed by atoms with Crippen LogP contribution in [-0.4, -0.2) is 42.3 Å². The molecule has 3 aromatic heterocycles. The highest BCUT2D eigenvalue weighted by atomic mass is 19.3. The fourth-order valence-corrected chi connectivity index (χ4v) is 4.17. The van der Waals surface area contributed by atoms with E-state index in [1.54, 1.807) is 45.9 Å². The molecule has 3 heterocycles. The van der Waals surface area contributed by atoms with Gasteiger partial charge < -0.3 is 10.1 Å². The number of alkyl halides is 2. The predicted octanol–water partition coefficient (Wildman–Crippen LogP) is 5.18. The number of rotatable bonds is 8. The number of nitrogens with one attached hydrogen (secondary N) is 1. The van der Waals surface area contributed by atoms with Gasteiger partial charge in [0.1, 0.15) is 29.8 Å². The summed E-state index contributed by atoms with van der Waals surface area (Å²) in [6, 6.07) is 10.1. The van der Waals surface area contributed by atoms with E-state index in [1.165, 1.54) is 6.92 Å². The van der Waals surface area contributed by atoms with Crippen molar-refractivity contribution in [2.45, 2.75) is 31.9 Å². The fraction of sp³-hybridized carbons (Fsp3) is 0.185. The highest BCUT2D eigenvalue weighted by molar-refractivity contribution is 5.83. The molecular weight excluding hydrogens is 516 g/mol. The summed E-state index contributed by atoms with van der Waals surface area (Å²) in [4.78, 5) is 12.2. The number of carbonyl (C=O) groups excluding carboxylic acids is 1. The van der Waals surface area contributed by atoms with Crippen LogP contribution in [0.15, 0.2) is 79.4 Å². The summed E-state index contributed by atoms with van der Waals surface area (Å²) in [5.41, 5.74) is 2.35. The molecule has 0 aliphatic carbocycles. The molecule has 1 N–H and O–H groups in total. The van der Waals surface area contributed by atoms with Crippen LogP contribution in [0, 0.1) is 11.6 Å². The number of fused-ring (bicyclic) bond motifs is 2. The van der Waals surface area contributed by atoms with Crippen molar-refractivity contribution in [2.24, 2.45) is 0 Å². The largest absolute Gasteiger partial charge is 0.483 e. The Morgan fingerprint density at radius 1 is 1.10 bits per heavy atom. The smallest absolute Gasteiger partial charge is 0.321 e. The number of halogens is 4. The van der Waals surface area contributed by atoms with Gasteiger partial charge in [0.25, 0.3) is 5.91 Å². The minimum absolute atomic E-state index is 0.0155. The maximum Gasteiger partial charge on any atom is 0.321 e. The number of aromatic nitrogens is 5. The van der Waals surface area contributed by atoms with E-state index in [4.69, 9.17) is 4.74 Å². The van der Waals surface area contributed by atoms with Crippen LogP contribution in [0.5, 0.6) is 5.75 Å². The van der Waals surface area contributed by atoms with E-state index in [1.807, 2.05) is 12.3 Å². The lowest BCUT2D eigenvalue weighted by atomic mass is 9.96. The van der Waals surface area contributed by atoms with Crippen molar-refractivity contribution < 1.29 is 27.1 Å². The first-order valence-corrected chi connectivity index (χ1v) is 11.7. The molecule has 39 heavy (non-hydrogen) atoms. The van der Waals surface area contributed by atoms with Crippen LogP contribution in [-0.2, 0) is 4.79 Å². The molecule has 0 saturated heterocycles. The molecule has 2 atom stereocenters. The van der Waals surface area contributed by atoms with Gasteiger partial charge in [0.05, 0.1) is 23.4 Å². The highest BCUT2D eigenvalue weighted by Crippen LogP contribution is 2.32. The first-order valence-electron chi connectivity index (χ1n) is 11.7. The molecule has 5 aromatic rings. The summed E-state index contributed by atoms with van der Waals surface area (Å²) in [7, 11) is 0. The van der Waals surface area contributed by atoms with Crippen LogP contribution in [0.25, 0.3) is 22.2 Å². The molecule has 0 unspecified atom stereocenters. The Balaban J connectivity index is 1.52. The van der Waals surface area contributed by atoms with Gasteiger partial charge in [0, 0.05) is 30.1 Å². The number of hydrogen-bond acceptors (Lipinski definition) is 5. The quantitative estimate of drug-likeness (QED) is 0.217. The molecule has 0 spiro atoms. The van der Waals surface area contributed by atoms with E-state index in [2.05, 4.69) is 27.2 Å². The Morgan fingerprint density at radius 2 is 1.85 bits per heavy atom. The molecule has 0 fully saturated rings. The molecule has 0 aliphatic rings. The molecule has 1 amide bonds. The zero-order valence-corrected chi connectivity index (χ0v) is 20.8. The number of ether oxygens (including phenoxy) is 1. The number of carbonyl (C=O) groups is 1. The van der Waals surface area contributed by atoms with Crippen molar-refractivity contribution in [3.05, 3.63) is 96.6 Å². The average Bonchev–Trinajstić information content (AvgIpc) is 3.50. The third kappa shape index (κ3) is 5.31. The number of nitrogens with zero attached hydrogens (tertiary/aromatic N) is 5. The average molecular weight is 539 g/mol. The van der Waals surface area contributed by atoms with Crippen LogP contribution in [0.1, 0.15) is 25.5 Å². The van der Waals surface area contributed by atoms with Crippen molar-refractivity contribution in [1.82, 2.24) is 29.7 Å². The zero-order chi connectivity index (χ0) is 27.9. The number of amides is 1. The van der Waals surface area contributed by atoms with Crippen LogP contribution in [0.2, 0.25) is 0 Å². The van der Waals surface area contributed by atoms with Crippen molar-refractivity contribution in [1.29, 1.82) is 0 Å². The van der Waals surface area contributed by atoms with Gasteiger partial charge in [-0.05, 0) is 49.4 Å². The normalized spacial score (nSPS) is 13.4. The van der Waals surface area contributed by atoms with E-state index in [9.17, 15) is 22.4 Å². The van der Waals surface area contributed by atoms with E-state index in [0.717, 1.165) is 23.3 Å². The topological polar surface area (TPSA) is 86.3 Å². The van der Waals surface area contributed by atoms with Crippen molar-refractivity contribution >= 4 is 22.5 Å². The first kappa shape index (κ1) is 25.9. The Labute approximate surface area is 219 Å². The van der Waals surface area contributed by atoms with Gasteiger partial charge in [-0.3, -0.25) is 9.20 Å². The predicted molar refractivity (Wildman–Crippen MR) is 135 cm³/mol. The van der Waals surface area contributed by atoms with Crippen LogP contribution in [0.3, 0.4) is 0 Å². The Morgan fingerprint density at radius 3 is 2.54 bits per heavy atom. The lowest BCUT2D eigenvalue weighted by molar-refractivity contribution is -0.144. The third-order valence-corrected chi connectivity index (χ3v) is 6.05. The van der Waals surface area contributed by atoms with E-state index in [0.29, 0.717) is 24.0 Å². The summed E-state index contributed by atoms with van der Waals surface area (Å²) in [6.45, 7) is 5.71. The molecule has 200 valence electrons. The van der Waals surface area contributed by atoms with Crippen molar-refractivity contribution in [3.8, 4) is 11.4 Å². The molecule has 2 aromatic carbocycles.